The van der Waals surface area contributed by atoms with Crippen molar-refractivity contribution in [3.8, 4) is 0 Å². The van der Waals surface area contributed by atoms with Gasteiger partial charge in [-0.25, -0.2) is 0 Å². The third-order valence-corrected chi connectivity index (χ3v) is 3.93. The molecule has 0 saturated carbocycles. The van der Waals surface area contributed by atoms with E-state index in [-0.39, 0.29) is 5.91 Å². The van der Waals surface area contributed by atoms with E-state index >= 15 is 0 Å². The third kappa shape index (κ3) is 4.14. The van der Waals surface area contributed by atoms with E-state index in [2.05, 4.69) is 43.4 Å². The van der Waals surface area contributed by atoms with Crippen molar-refractivity contribution in [2.24, 2.45) is 0 Å². The molecule has 102 valence electrons. The van der Waals surface area contributed by atoms with Crippen molar-refractivity contribution in [2.75, 3.05) is 5.32 Å². The summed E-state index contributed by atoms with van der Waals surface area (Å²) in [5, 5.41) is 12.3. The van der Waals surface area contributed by atoms with Crippen molar-refractivity contribution >= 4 is 38.3 Å². The fourth-order valence-electron chi connectivity index (χ4n) is 1.59. The lowest BCUT2D eigenvalue weighted by Gasteiger charge is -1.97. The Hall–Kier alpha value is -1.21. The van der Waals surface area contributed by atoms with Crippen molar-refractivity contribution in [2.45, 2.75) is 32.6 Å². The van der Waals surface area contributed by atoms with Gasteiger partial charge in [0.1, 0.15) is 10.7 Å². The number of nitrogens with zero attached hydrogens (tertiary/aromatic N) is 2. The number of amides is 1. The molecule has 2 heterocycles. The molecule has 0 saturated heterocycles. The zero-order chi connectivity index (χ0) is 13.7. The minimum absolute atomic E-state index is 0.207. The molecule has 2 N–H and O–H groups in total. The number of anilines is 1. The van der Waals surface area contributed by atoms with Crippen molar-refractivity contribution in [1.82, 2.24) is 15.2 Å². The lowest BCUT2D eigenvalue weighted by Crippen LogP contribution is -2.11. The van der Waals surface area contributed by atoms with E-state index in [1.165, 1.54) is 24.2 Å². The van der Waals surface area contributed by atoms with Crippen LogP contribution in [-0.2, 0) is 6.42 Å². The molecule has 0 aliphatic heterocycles. The SMILES string of the molecule is CCCCCc1nnc(NC(=O)c2cc(Br)c[nH]2)s1. The number of unbranched alkanes of at least 4 members (excludes halogenated alkanes) is 2. The zero-order valence-corrected chi connectivity index (χ0v) is 13.0. The number of rotatable bonds is 6. The van der Waals surface area contributed by atoms with Crippen LogP contribution in [0.25, 0.3) is 0 Å². The minimum atomic E-state index is -0.207. The lowest BCUT2D eigenvalue weighted by molar-refractivity contribution is 0.102. The monoisotopic (exact) mass is 342 g/mol. The molecule has 0 spiro atoms. The van der Waals surface area contributed by atoms with Gasteiger partial charge in [-0.3, -0.25) is 10.1 Å². The number of aromatic amines is 1. The number of carbonyl (C=O) groups excluding carboxylic acids is 1. The number of aromatic nitrogens is 3. The average molecular weight is 343 g/mol. The maximum absolute atomic E-state index is 11.9. The van der Waals surface area contributed by atoms with Gasteiger partial charge in [-0.05, 0) is 28.4 Å². The van der Waals surface area contributed by atoms with E-state index in [0.29, 0.717) is 10.8 Å². The summed E-state index contributed by atoms with van der Waals surface area (Å²) in [4.78, 5) is 14.7. The van der Waals surface area contributed by atoms with Gasteiger partial charge < -0.3 is 4.98 Å². The summed E-state index contributed by atoms with van der Waals surface area (Å²) in [6, 6.07) is 1.72. The van der Waals surface area contributed by atoms with Crippen LogP contribution in [0.1, 0.15) is 41.7 Å². The first-order valence-corrected chi connectivity index (χ1v) is 7.77. The Kier molecular flexibility index (Phi) is 5.09. The highest BCUT2D eigenvalue weighted by atomic mass is 79.9. The summed E-state index contributed by atoms with van der Waals surface area (Å²) >= 11 is 4.72. The standard InChI is InChI=1S/C12H15BrN4OS/c1-2-3-4-5-10-16-17-12(19-10)15-11(18)9-6-8(13)7-14-9/h6-7,14H,2-5H2,1H3,(H,15,17,18). The summed E-state index contributed by atoms with van der Waals surface area (Å²) in [5.41, 5.74) is 0.495. The van der Waals surface area contributed by atoms with Crippen LogP contribution >= 0.6 is 27.3 Å². The van der Waals surface area contributed by atoms with Crippen LogP contribution in [0.3, 0.4) is 0 Å². The molecule has 2 rings (SSSR count). The highest BCUT2D eigenvalue weighted by molar-refractivity contribution is 9.10. The first-order chi connectivity index (χ1) is 9.19. The van der Waals surface area contributed by atoms with Crippen molar-refractivity contribution in [3.63, 3.8) is 0 Å². The van der Waals surface area contributed by atoms with E-state index in [4.69, 9.17) is 0 Å². The Morgan fingerprint density at radius 1 is 1.47 bits per heavy atom. The first-order valence-electron chi connectivity index (χ1n) is 6.16. The molecule has 1 amide bonds. The number of hydrogen-bond donors (Lipinski definition) is 2. The predicted octanol–water partition coefficient (Wildman–Crippen LogP) is 3.61. The Labute approximate surface area is 124 Å². The first kappa shape index (κ1) is 14.2. The second-order valence-electron chi connectivity index (χ2n) is 4.14. The van der Waals surface area contributed by atoms with Crippen LogP contribution in [0.4, 0.5) is 5.13 Å². The summed E-state index contributed by atoms with van der Waals surface area (Å²) in [7, 11) is 0. The van der Waals surface area contributed by atoms with Crippen LogP contribution < -0.4 is 5.32 Å². The largest absolute Gasteiger partial charge is 0.356 e. The molecular formula is C12H15BrN4OS. The van der Waals surface area contributed by atoms with Crippen LogP contribution in [-0.4, -0.2) is 21.1 Å². The fraction of sp³-hybridized carbons (Fsp3) is 0.417. The van der Waals surface area contributed by atoms with Gasteiger partial charge >= 0.3 is 0 Å². The summed E-state index contributed by atoms with van der Waals surface area (Å²) in [6.45, 7) is 2.17. The Balaban J connectivity index is 1.90. The lowest BCUT2D eigenvalue weighted by atomic mass is 10.2. The molecule has 0 aliphatic rings. The molecule has 0 fully saturated rings. The highest BCUT2D eigenvalue weighted by Crippen LogP contribution is 2.19. The molecule has 0 unspecified atom stereocenters. The maximum Gasteiger partial charge on any atom is 0.273 e. The van der Waals surface area contributed by atoms with Gasteiger partial charge in [0.25, 0.3) is 5.91 Å². The molecule has 0 aromatic carbocycles. The second kappa shape index (κ2) is 6.81. The highest BCUT2D eigenvalue weighted by Gasteiger charge is 2.11. The molecule has 7 heteroatoms. The fourth-order valence-corrected chi connectivity index (χ4v) is 2.71. The van der Waals surface area contributed by atoms with Crippen molar-refractivity contribution in [1.29, 1.82) is 0 Å². The van der Waals surface area contributed by atoms with Gasteiger partial charge in [0.05, 0.1) is 0 Å². The number of carbonyl (C=O) groups is 1. The molecule has 0 aliphatic carbocycles. The van der Waals surface area contributed by atoms with Gasteiger partial charge in [-0.1, -0.05) is 31.1 Å². The number of aryl methyl sites for hydroxylation is 1. The van der Waals surface area contributed by atoms with Gasteiger partial charge in [0, 0.05) is 17.1 Å². The second-order valence-corrected chi connectivity index (χ2v) is 6.12. The Morgan fingerprint density at radius 3 is 3.00 bits per heavy atom. The summed E-state index contributed by atoms with van der Waals surface area (Å²) in [6.07, 6.45) is 6.13. The van der Waals surface area contributed by atoms with E-state index in [1.54, 1.807) is 12.3 Å². The molecule has 0 bridgehead atoms. The van der Waals surface area contributed by atoms with E-state index in [0.717, 1.165) is 22.3 Å². The van der Waals surface area contributed by atoms with Gasteiger partial charge in [0.2, 0.25) is 5.13 Å². The third-order valence-electron chi connectivity index (χ3n) is 2.57. The molecule has 2 aromatic rings. The smallest absolute Gasteiger partial charge is 0.273 e. The maximum atomic E-state index is 11.9. The van der Waals surface area contributed by atoms with Crippen molar-refractivity contribution in [3.05, 3.63) is 27.4 Å². The molecule has 0 radical (unpaired) electrons. The predicted molar refractivity (Wildman–Crippen MR) is 79.6 cm³/mol. The minimum Gasteiger partial charge on any atom is -0.356 e. The quantitative estimate of drug-likeness (QED) is 0.787. The summed E-state index contributed by atoms with van der Waals surface area (Å²) in [5.74, 6) is -0.207. The number of H-pyrrole nitrogens is 1. The van der Waals surface area contributed by atoms with E-state index < -0.39 is 0 Å². The molecule has 19 heavy (non-hydrogen) atoms. The molecule has 0 atom stereocenters. The van der Waals surface area contributed by atoms with Gasteiger partial charge in [-0.2, -0.15) is 0 Å². The van der Waals surface area contributed by atoms with Crippen LogP contribution in [0.15, 0.2) is 16.7 Å². The molecular weight excluding hydrogens is 328 g/mol. The van der Waals surface area contributed by atoms with Crippen molar-refractivity contribution < 1.29 is 4.79 Å². The molecule has 5 nitrogen and oxygen atoms in total. The average Bonchev–Trinajstić information content (AvgIpc) is 2.99. The van der Waals surface area contributed by atoms with Gasteiger partial charge in [0.15, 0.2) is 0 Å². The Bertz CT molecular complexity index is 551. The summed E-state index contributed by atoms with van der Waals surface area (Å²) < 4.78 is 0.843. The number of hydrogen-bond acceptors (Lipinski definition) is 4. The van der Waals surface area contributed by atoms with Crippen LogP contribution in [0.5, 0.6) is 0 Å². The topological polar surface area (TPSA) is 70.7 Å². The molecule has 2 aromatic heterocycles. The number of nitrogens with one attached hydrogen (secondary N) is 2. The van der Waals surface area contributed by atoms with E-state index in [1.807, 2.05) is 0 Å². The van der Waals surface area contributed by atoms with Crippen LogP contribution in [0, 0.1) is 0 Å². The number of halogens is 1. The Morgan fingerprint density at radius 2 is 2.32 bits per heavy atom. The normalized spacial score (nSPS) is 10.6. The van der Waals surface area contributed by atoms with E-state index in [9.17, 15) is 4.79 Å². The zero-order valence-electron chi connectivity index (χ0n) is 10.6. The van der Waals surface area contributed by atoms with Crippen LogP contribution in [0.2, 0.25) is 0 Å². The van der Waals surface area contributed by atoms with Gasteiger partial charge in [-0.15, -0.1) is 10.2 Å².